The van der Waals surface area contributed by atoms with Crippen molar-refractivity contribution in [2.75, 3.05) is 6.54 Å². The minimum Gasteiger partial charge on any atom is -0.463 e. The monoisotopic (exact) mass is 194 g/mol. The number of nitrogens with zero attached hydrogens (tertiary/aromatic N) is 1. The van der Waals surface area contributed by atoms with Gasteiger partial charge in [-0.1, -0.05) is 0 Å². The molecule has 0 radical (unpaired) electrons. The summed E-state index contributed by atoms with van der Waals surface area (Å²) in [5, 5.41) is 10.1. The van der Waals surface area contributed by atoms with Gasteiger partial charge in [-0.15, -0.1) is 0 Å². The first-order valence-corrected chi connectivity index (χ1v) is 3.88. The van der Waals surface area contributed by atoms with Gasteiger partial charge < -0.3 is 9.40 Å². The van der Waals surface area contributed by atoms with Gasteiger partial charge in [-0.3, -0.25) is 14.9 Å². The number of aromatic nitrogens is 1. The Labute approximate surface area is 77.7 Å². The molecule has 2 aromatic rings. The second-order valence-corrected chi connectivity index (χ2v) is 2.80. The molecule has 0 aliphatic rings. The number of carbonyl (C=O) groups excluding carboxylic acids is 1. The van der Waals surface area contributed by atoms with Crippen LogP contribution in [0.15, 0.2) is 22.8 Å². The van der Waals surface area contributed by atoms with E-state index in [0.717, 1.165) is 0 Å². The van der Waals surface area contributed by atoms with E-state index in [4.69, 9.17) is 4.42 Å². The van der Waals surface area contributed by atoms with E-state index >= 15 is 0 Å². The Morgan fingerprint density at radius 1 is 1.64 bits per heavy atom. The van der Waals surface area contributed by atoms with Crippen LogP contribution in [0.25, 0.3) is 11.1 Å². The first kappa shape index (κ1) is 8.49. The van der Waals surface area contributed by atoms with Gasteiger partial charge in [0.15, 0.2) is 5.58 Å². The van der Waals surface area contributed by atoms with Gasteiger partial charge in [0.2, 0.25) is 5.78 Å². The molecule has 0 aliphatic heterocycles. The van der Waals surface area contributed by atoms with E-state index in [1.807, 2.05) is 0 Å². The quantitative estimate of drug-likeness (QED) is 0.452. The zero-order chi connectivity index (χ0) is 10.1. The predicted molar refractivity (Wildman–Crippen MR) is 46.8 cm³/mol. The molecule has 6 heteroatoms. The molecule has 0 saturated carbocycles. The highest BCUT2D eigenvalue weighted by Crippen LogP contribution is 2.16. The van der Waals surface area contributed by atoms with E-state index in [-0.39, 0.29) is 5.69 Å². The number of fused-ring (bicyclic) bond motifs is 1. The van der Waals surface area contributed by atoms with Crippen LogP contribution in [0.4, 0.5) is 0 Å². The lowest BCUT2D eigenvalue weighted by Crippen LogP contribution is -2.13. The second kappa shape index (κ2) is 2.99. The summed E-state index contributed by atoms with van der Waals surface area (Å²) in [5.74, 6) is -0.554. The zero-order valence-corrected chi connectivity index (χ0v) is 7.02. The lowest BCUT2D eigenvalue weighted by molar-refractivity contribution is -0.465. The molecule has 1 N–H and O–H groups in total. The fourth-order valence-electron chi connectivity index (χ4n) is 1.20. The molecule has 0 fully saturated rings. The smallest absolute Gasteiger partial charge is 0.267 e. The number of ketones is 1. The molecule has 6 nitrogen and oxygen atoms in total. The largest absolute Gasteiger partial charge is 0.463 e. The number of carbonyl (C=O) groups is 1. The molecule has 0 atom stereocenters. The van der Waals surface area contributed by atoms with Crippen molar-refractivity contribution in [1.29, 1.82) is 0 Å². The Morgan fingerprint density at radius 2 is 2.43 bits per heavy atom. The van der Waals surface area contributed by atoms with Crippen molar-refractivity contribution in [3.8, 4) is 0 Å². The fraction of sp³-hybridized carbons (Fsp3) is 0.125. The highest BCUT2D eigenvalue weighted by atomic mass is 16.6. The molecule has 0 spiro atoms. The van der Waals surface area contributed by atoms with Crippen LogP contribution in [-0.2, 0) is 0 Å². The number of aromatic amines is 1. The number of hydrogen-bond donors (Lipinski definition) is 1. The van der Waals surface area contributed by atoms with E-state index in [9.17, 15) is 14.9 Å². The minimum atomic E-state index is -0.705. The van der Waals surface area contributed by atoms with Crippen LogP contribution in [0, 0.1) is 10.1 Å². The van der Waals surface area contributed by atoms with Gasteiger partial charge >= 0.3 is 0 Å². The predicted octanol–water partition coefficient (Wildman–Crippen LogP) is 1.22. The molecular weight excluding hydrogens is 188 g/mol. The third kappa shape index (κ3) is 1.37. The molecule has 0 aliphatic carbocycles. The Kier molecular flexibility index (Phi) is 1.81. The van der Waals surface area contributed by atoms with Crippen LogP contribution >= 0.6 is 0 Å². The molecule has 0 aromatic carbocycles. The fourth-order valence-corrected chi connectivity index (χ4v) is 1.20. The van der Waals surface area contributed by atoms with Gasteiger partial charge in [0.1, 0.15) is 0 Å². The third-order valence-electron chi connectivity index (χ3n) is 1.81. The second-order valence-electron chi connectivity index (χ2n) is 2.80. The SMILES string of the molecule is O=C(C[N+](=O)[O-])c1cc2occc2[nH]1. The van der Waals surface area contributed by atoms with Gasteiger partial charge in [0, 0.05) is 17.1 Å². The summed E-state index contributed by atoms with van der Waals surface area (Å²) in [6, 6.07) is 3.11. The summed E-state index contributed by atoms with van der Waals surface area (Å²) in [7, 11) is 0. The van der Waals surface area contributed by atoms with Gasteiger partial charge in [-0.25, -0.2) is 0 Å². The van der Waals surface area contributed by atoms with Crippen LogP contribution in [-0.4, -0.2) is 22.2 Å². The average Bonchev–Trinajstić information content (AvgIpc) is 2.58. The van der Waals surface area contributed by atoms with Crippen LogP contribution in [0.5, 0.6) is 0 Å². The topological polar surface area (TPSA) is 89.1 Å². The van der Waals surface area contributed by atoms with E-state index in [1.165, 1.54) is 12.3 Å². The van der Waals surface area contributed by atoms with Crippen molar-refractivity contribution >= 4 is 16.9 Å². The average molecular weight is 194 g/mol. The maximum Gasteiger partial charge on any atom is 0.267 e. The summed E-state index contributed by atoms with van der Waals surface area (Å²) in [6.07, 6.45) is 1.48. The number of H-pyrrole nitrogens is 1. The van der Waals surface area contributed by atoms with Crippen molar-refractivity contribution in [2.45, 2.75) is 0 Å². The molecule has 14 heavy (non-hydrogen) atoms. The van der Waals surface area contributed by atoms with Crippen LogP contribution in [0.2, 0.25) is 0 Å². The highest BCUT2D eigenvalue weighted by Gasteiger charge is 2.15. The Balaban J connectivity index is 2.30. The summed E-state index contributed by atoms with van der Waals surface area (Å²) < 4.78 is 5.00. The molecular formula is C8H6N2O4. The van der Waals surface area contributed by atoms with E-state index in [0.29, 0.717) is 11.1 Å². The first-order valence-electron chi connectivity index (χ1n) is 3.88. The number of nitro groups is 1. The lowest BCUT2D eigenvalue weighted by Gasteiger charge is -1.89. The molecule has 0 unspecified atom stereocenters. The normalized spacial score (nSPS) is 10.6. The summed E-state index contributed by atoms with van der Waals surface area (Å²) >= 11 is 0. The molecule has 2 aromatic heterocycles. The Bertz CT molecular complexity index is 468. The van der Waals surface area contributed by atoms with Crippen molar-refractivity contribution in [3.05, 3.63) is 34.2 Å². The maximum atomic E-state index is 11.2. The van der Waals surface area contributed by atoms with Gasteiger partial charge in [-0.2, -0.15) is 0 Å². The number of nitrogens with one attached hydrogen (secondary N) is 1. The molecule has 0 amide bonds. The Hall–Kier alpha value is -2.11. The van der Waals surface area contributed by atoms with Crippen molar-refractivity contribution in [3.63, 3.8) is 0 Å². The van der Waals surface area contributed by atoms with Gasteiger partial charge in [-0.05, 0) is 0 Å². The van der Waals surface area contributed by atoms with E-state index in [2.05, 4.69) is 4.98 Å². The molecule has 0 bridgehead atoms. The van der Waals surface area contributed by atoms with Gasteiger partial charge in [0.25, 0.3) is 6.54 Å². The molecule has 72 valence electrons. The van der Waals surface area contributed by atoms with Gasteiger partial charge in [0.05, 0.1) is 17.5 Å². The summed E-state index contributed by atoms with van der Waals surface area (Å²) in [5.41, 5.74) is 1.39. The minimum absolute atomic E-state index is 0.205. The summed E-state index contributed by atoms with van der Waals surface area (Å²) in [6.45, 7) is -0.705. The molecule has 2 heterocycles. The molecule has 2 rings (SSSR count). The first-order chi connectivity index (χ1) is 6.66. The Morgan fingerprint density at radius 3 is 3.07 bits per heavy atom. The summed E-state index contributed by atoms with van der Waals surface area (Å²) in [4.78, 5) is 23.4. The number of hydrogen-bond acceptors (Lipinski definition) is 4. The lowest BCUT2D eigenvalue weighted by atomic mass is 10.3. The number of furan rings is 1. The zero-order valence-electron chi connectivity index (χ0n) is 7.02. The van der Waals surface area contributed by atoms with Crippen molar-refractivity contribution < 1.29 is 14.1 Å². The maximum absolute atomic E-state index is 11.2. The highest BCUT2D eigenvalue weighted by molar-refractivity contribution is 5.98. The number of rotatable bonds is 3. The van der Waals surface area contributed by atoms with Crippen LogP contribution < -0.4 is 0 Å². The van der Waals surface area contributed by atoms with Crippen LogP contribution in [0.3, 0.4) is 0 Å². The number of Topliss-reactive ketones (excluding diaryl/α,β-unsaturated/α-hetero) is 1. The van der Waals surface area contributed by atoms with E-state index < -0.39 is 17.3 Å². The third-order valence-corrected chi connectivity index (χ3v) is 1.81. The standard InChI is InChI=1S/C8H6N2O4/c11-7(4-10(12)13)6-3-8-5(9-6)1-2-14-8/h1-3,9H,4H2. The van der Waals surface area contributed by atoms with Crippen LogP contribution in [0.1, 0.15) is 10.5 Å². The van der Waals surface area contributed by atoms with Crippen molar-refractivity contribution in [1.82, 2.24) is 4.98 Å². The van der Waals surface area contributed by atoms with E-state index in [1.54, 1.807) is 6.07 Å². The molecule has 0 saturated heterocycles. The van der Waals surface area contributed by atoms with Crippen molar-refractivity contribution in [2.24, 2.45) is 0 Å².